The molecule has 0 radical (unpaired) electrons. The molecule has 1 saturated carbocycles. The van der Waals surface area contributed by atoms with E-state index in [0.717, 1.165) is 32.1 Å². The van der Waals surface area contributed by atoms with E-state index in [9.17, 15) is 4.79 Å². The Balaban J connectivity index is 2.08. The zero-order chi connectivity index (χ0) is 13.2. The lowest BCUT2D eigenvalue weighted by atomic mass is 9.79. The maximum atomic E-state index is 12.1. The van der Waals surface area contributed by atoms with Crippen LogP contribution in [0, 0.1) is 17.8 Å². The van der Waals surface area contributed by atoms with Gasteiger partial charge < -0.3 is 9.47 Å². The first kappa shape index (κ1) is 13.6. The van der Waals surface area contributed by atoms with E-state index in [0.29, 0.717) is 6.61 Å². The second-order valence-electron chi connectivity index (χ2n) is 5.89. The van der Waals surface area contributed by atoms with Crippen LogP contribution in [0.5, 0.6) is 0 Å². The van der Waals surface area contributed by atoms with Gasteiger partial charge in [-0.25, -0.2) is 0 Å². The molecule has 1 spiro atoms. The van der Waals surface area contributed by atoms with Crippen molar-refractivity contribution in [2.24, 2.45) is 5.41 Å². The second kappa shape index (κ2) is 5.03. The zero-order valence-electron chi connectivity index (χ0n) is 11.3. The summed E-state index contributed by atoms with van der Waals surface area (Å²) in [6.45, 7) is 4.55. The molecule has 0 aromatic rings. The van der Waals surface area contributed by atoms with Gasteiger partial charge in [0.25, 0.3) is 0 Å². The Labute approximate surface area is 109 Å². The lowest BCUT2D eigenvalue weighted by Gasteiger charge is -2.44. The molecule has 0 aromatic carbocycles. The number of terminal acetylenes is 1. The van der Waals surface area contributed by atoms with E-state index in [1.54, 1.807) is 0 Å². The first-order chi connectivity index (χ1) is 8.50. The van der Waals surface area contributed by atoms with Crippen LogP contribution >= 0.6 is 0 Å². The van der Waals surface area contributed by atoms with E-state index >= 15 is 0 Å². The van der Waals surface area contributed by atoms with E-state index < -0.39 is 11.2 Å². The van der Waals surface area contributed by atoms with E-state index in [1.807, 2.05) is 13.8 Å². The van der Waals surface area contributed by atoms with Gasteiger partial charge >= 0.3 is 0 Å². The van der Waals surface area contributed by atoms with Gasteiger partial charge in [0.05, 0.1) is 24.5 Å². The molecule has 1 heterocycles. The maximum absolute atomic E-state index is 12.1. The fourth-order valence-electron chi connectivity index (χ4n) is 2.89. The Morgan fingerprint density at radius 2 is 2.11 bits per heavy atom. The molecule has 1 aliphatic heterocycles. The lowest BCUT2D eigenvalue weighted by molar-refractivity contribution is -0.303. The summed E-state index contributed by atoms with van der Waals surface area (Å²) in [4.78, 5) is 12.1. The number of carbonyl (C=O) groups is 1. The molecule has 1 saturated heterocycles. The summed E-state index contributed by atoms with van der Waals surface area (Å²) in [5.41, 5.74) is -0.522. The Bertz CT molecular complexity index is 358. The Kier molecular flexibility index (Phi) is 3.79. The smallest absolute Gasteiger partial charge is 0.168 e. The second-order valence-corrected chi connectivity index (χ2v) is 5.89. The van der Waals surface area contributed by atoms with Crippen LogP contribution in [-0.4, -0.2) is 24.3 Å². The molecule has 2 fully saturated rings. The Hall–Kier alpha value is -0.850. The number of Topliss-reactive ketones (excluding diaryl/α,β-unsaturated/α-hetero) is 1. The van der Waals surface area contributed by atoms with Gasteiger partial charge in [-0.2, -0.15) is 0 Å². The van der Waals surface area contributed by atoms with E-state index in [1.165, 1.54) is 0 Å². The van der Waals surface area contributed by atoms with Crippen molar-refractivity contribution >= 4 is 5.78 Å². The predicted octanol–water partition coefficient (Wildman–Crippen LogP) is 2.68. The summed E-state index contributed by atoms with van der Waals surface area (Å²) in [6.07, 6.45) is 10.3. The SMILES string of the molecule is C#CCC(=O)C(C)(C)[C@@H]1CCOC2(CCCC2)O1. The number of rotatable bonds is 3. The van der Waals surface area contributed by atoms with Gasteiger partial charge in [-0.05, 0) is 19.3 Å². The summed E-state index contributed by atoms with van der Waals surface area (Å²) in [7, 11) is 0. The average molecular weight is 250 g/mol. The number of carbonyl (C=O) groups excluding carboxylic acids is 1. The first-order valence-corrected chi connectivity index (χ1v) is 6.79. The highest BCUT2D eigenvalue weighted by Crippen LogP contribution is 2.42. The van der Waals surface area contributed by atoms with E-state index in [2.05, 4.69) is 5.92 Å². The lowest BCUT2D eigenvalue weighted by Crippen LogP contribution is -2.50. The normalized spacial score (nSPS) is 27.1. The zero-order valence-corrected chi connectivity index (χ0v) is 11.3. The van der Waals surface area contributed by atoms with Crippen LogP contribution < -0.4 is 0 Å². The average Bonchev–Trinajstić information content (AvgIpc) is 2.77. The molecule has 2 aliphatic rings. The molecule has 3 nitrogen and oxygen atoms in total. The minimum atomic E-state index is -0.522. The van der Waals surface area contributed by atoms with Crippen LogP contribution in [0.4, 0.5) is 0 Å². The van der Waals surface area contributed by atoms with E-state index in [4.69, 9.17) is 15.9 Å². The quantitative estimate of drug-likeness (QED) is 0.722. The van der Waals surface area contributed by atoms with Crippen molar-refractivity contribution in [1.82, 2.24) is 0 Å². The number of hydrogen-bond acceptors (Lipinski definition) is 3. The van der Waals surface area contributed by atoms with Gasteiger partial charge in [0.1, 0.15) is 0 Å². The molecule has 18 heavy (non-hydrogen) atoms. The van der Waals surface area contributed by atoms with Crippen LogP contribution in [0.15, 0.2) is 0 Å². The third-order valence-electron chi connectivity index (χ3n) is 4.25. The third kappa shape index (κ3) is 2.46. The summed E-state index contributed by atoms with van der Waals surface area (Å²) in [6, 6.07) is 0. The number of ketones is 1. The van der Waals surface area contributed by atoms with Crippen molar-refractivity contribution in [1.29, 1.82) is 0 Å². The van der Waals surface area contributed by atoms with Gasteiger partial charge in [0.15, 0.2) is 11.6 Å². The van der Waals surface area contributed by atoms with Gasteiger partial charge in [-0.1, -0.05) is 19.8 Å². The summed E-state index contributed by atoms with van der Waals surface area (Å²) in [5, 5.41) is 0. The van der Waals surface area contributed by atoms with Gasteiger partial charge in [-0.3, -0.25) is 4.79 Å². The van der Waals surface area contributed by atoms with Crippen molar-refractivity contribution in [3.05, 3.63) is 0 Å². The molecule has 100 valence electrons. The van der Waals surface area contributed by atoms with Crippen LogP contribution in [0.1, 0.15) is 52.4 Å². The van der Waals surface area contributed by atoms with Gasteiger partial charge in [0.2, 0.25) is 0 Å². The summed E-state index contributed by atoms with van der Waals surface area (Å²) >= 11 is 0. The van der Waals surface area contributed by atoms with Gasteiger partial charge in [-0.15, -0.1) is 6.42 Å². The molecule has 1 aliphatic carbocycles. The Morgan fingerprint density at radius 1 is 1.44 bits per heavy atom. The minimum Gasteiger partial charge on any atom is -0.350 e. The van der Waals surface area contributed by atoms with Crippen LogP contribution in [0.3, 0.4) is 0 Å². The molecule has 2 rings (SSSR count). The highest BCUT2D eigenvalue weighted by molar-refractivity contribution is 5.86. The topological polar surface area (TPSA) is 35.5 Å². The molecule has 1 atom stereocenters. The highest BCUT2D eigenvalue weighted by atomic mass is 16.7. The van der Waals surface area contributed by atoms with Crippen molar-refractivity contribution < 1.29 is 14.3 Å². The van der Waals surface area contributed by atoms with Crippen molar-refractivity contribution in [2.45, 2.75) is 64.3 Å². The van der Waals surface area contributed by atoms with Crippen molar-refractivity contribution in [3.8, 4) is 12.3 Å². The Morgan fingerprint density at radius 3 is 2.72 bits per heavy atom. The monoisotopic (exact) mass is 250 g/mol. The van der Waals surface area contributed by atoms with Crippen molar-refractivity contribution in [3.63, 3.8) is 0 Å². The summed E-state index contributed by atoms with van der Waals surface area (Å²) in [5.74, 6) is 2.11. The van der Waals surface area contributed by atoms with Crippen LogP contribution in [0.25, 0.3) is 0 Å². The molecule has 0 unspecified atom stereocenters. The van der Waals surface area contributed by atoms with Crippen molar-refractivity contribution in [2.75, 3.05) is 6.61 Å². The van der Waals surface area contributed by atoms with Crippen LogP contribution in [0.2, 0.25) is 0 Å². The molecule has 0 N–H and O–H groups in total. The van der Waals surface area contributed by atoms with Crippen LogP contribution in [-0.2, 0) is 14.3 Å². The number of hydrogen-bond donors (Lipinski definition) is 0. The predicted molar refractivity (Wildman–Crippen MR) is 68.9 cm³/mol. The highest BCUT2D eigenvalue weighted by Gasteiger charge is 2.47. The standard InChI is InChI=1S/C15H22O3/c1-4-7-12(16)14(2,3)13-8-11-17-15(18-13)9-5-6-10-15/h1,13H,5-11H2,2-3H3/t13-/m0/s1. The summed E-state index contributed by atoms with van der Waals surface area (Å²) < 4.78 is 12.0. The molecule has 0 amide bonds. The number of ether oxygens (including phenoxy) is 2. The van der Waals surface area contributed by atoms with E-state index in [-0.39, 0.29) is 18.3 Å². The van der Waals surface area contributed by atoms with Gasteiger partial charge in [0, 0.05) is 12.8 Å². The largest absolute Gasteiger partial charge is 0.350 e. The maximum Gasteiger partial charge on any atom is 0.168 e. The molecule has 3 heteroatoms. The molecular weight excluding hydrogens is 228 g/mol. The molecule has 0 aromatic heterocycles. The third-order valence-corrected chi connectivity index (χ3v) is 4.25. The fourth-order valence-corrected chi connectivity index (χ4v) is 2.89. The first-order valence-electron chi connectivity index (χ1n) is 6.79. The molecule has 0 bridgehead atoms. The molecular formula is C15H22O3. The minimum absolute atomic E-state index is 0.0785. The fraction of sp³-hybridized carbons (Fsp3) is 0.800.